The number of aromatic nitrogens is 2. The molecule has 2 nitrogen and oxygen atoms in total. The molecule has 1 heterocycles. The van der Waals surface area contributed by atoms with Gasteiger partial charge in [0, 0.05) is 22.1 Å². The van der Waals surface area contributed by atoms with Crippen LogP contribution in [0.2, 0.25) is 0 Å². The van der Waals surface area contributed by atoms with Crippen LogP contribution in [-0.4, -0.2) is 9.97 Å². The second-order valence-electron chi connectivity index (χ2n) is 17.3. The fourth-order valence-corrected chi connectivity index (χ4v) is 10.1. The molecule has 0 saturated carbocycles. The smallest absolute Gasteiger partial charge is 0.160 e. The van der Waals surface area contributed by atoms with Gasteiger partial charge in [-0.15, -0.1) is 0 Å². The molecule has 0 bridgehead atoms. The van der Waals surface area contributed by atoms with E-state index in [1.165, 1.54) is 71.3 Å². The molecular weight excluding hydrogens is 761 g/mol. The first-order valence-corrected chi connectivity index (χ1v) is 21.8. The summed E-state index contributed by atoms with van der Waals surface area (Å²) in [6.45, 7) is 4.68. The van der Waals surface area contributed by atoms with E-state index in [1.807, 2.05) is 0 Å². The van der Waals surface area contributed by atoms with Crippen LogP contribution in [0, 0.1) is 0 Å². The molecule has 11 aromatic rings. The molecule has 1 aliphatic rings. The molecule has 1 aromatic heterocycles. The molecule has 296 valence electrons. The maximum Gasteiger partial charge on any atom is 0.160 e. The van der Waals surface area contributed by atoms with E-state index in [9.17, 15) is 0 Å². The maximum absolute atomic E-state index is 5.34. The Kier molecular flexibility index (Phi) is 8.55. The van der Waals surface area contributed by atoms with Crippen molar-refractivity contribution >= 4 is 32.3 Å². The molecule has 0 saturated heterocycles. The molecule has 0 fully saturated rings. The van der Waals surface area contributed by atoms with Gasteiger partial charge in [-0.2, -0.15) is 0 Å². The summed E-state index contributed by atoms with van der Waals surface area (Å²) < 4.78 is 0. The van der Waals surface area contributed by atoms with E-state index in [0.29, 0.717) is 5.82 Å². The molecular formula is C61H42N2. The number of hydrogen-bond donors (Lipinski definition) is 0. The second kappa shape index (κ2) is 14.6. The highest BCUT2D eigenvalue weighted by Gasteiger charge is 2.35. The zero-order valence-corrected chi connectivity index (χ0v) is 35.2. The van der Waals surface area contributed by atoms with Crippen molar-refractivity contribution < 1.29 is 0 Å². The van der Waals surface area contributed by atoms with Gasteiger partial charge >= 0.3 is 0 Å². The normalized spacial score (nSPS) is 12.7. The molecule has 2 heteroatoms. The molecule has 12 rings (SSSR count). The third-order valence-corrected chi connectivity index (χ3v) is 13.3. The van der Waals surface area contributed by atoms with Crippen molar-refractivity contribution in [3.05, 3.63) is 230 Å². The Balaban J connectivity index is 0.970. The van der Waals surface area contributed by atoms with Crippen LogP contribution in [0.3, 0.4) is 0 Å². The van der Waals surface area contributed by atoms with Gasteiger partial charge in [0.1, 0.15) is 0 Å². The Morgan fingerprint density at radius 1 is 0.302 bits per heavy atom. The number of benzene rings is 10. The molecule has 0 spiro atoms. The van der Waals surface area contributed by atoms with Crippen LogP contribution in [0.15, 0.2) is 218 Å². The molecule has 0 atom stereocenters. The Hall–Kier alpha value is -7.94. The average Bonchev–Trinajstić information content (AvgIpc) is 3.58. The minimum absolute atomic E-state index is 0.0541. The van der Waals surface area contributed by atoms with Gasteiger partial charge in [0.2, 0.25) is 0 Å². The minimum atomic E-state index is -0.0541. The van der Waals surface area contributed by atoms with Crippen LogP contribution in [0.5, 0.6) is 0 Å². The van der Waals surface area contributed by atoms with Crippen molar-refractivity contribution in [3.8, 4) is 78.4 Å². The van der Waals surface area contributed by atoms with Gasteiger partial charge in [-0.3, -0.25) is 0 Å². The van der Waals surface area contributed by atoms with Crippen molar-refractivity contribution in [1.29, 1.82) is 0 Å². The van der Waals surface area contributed by atoms with Crippen molar-refractivity contribution in [1.82, 2.24) is 9.97 Å². The summed E-state index contributed by atoms with van der Waals surface area (Å²) in [6.07, 6.45) is 0. The summed E-state index contributed by atoms with van der Waals surface area (Å²) in [4.78, 5) is 10.7. The zero-order chi connectivity index (χ0) is 42.1. The average molecular weight is 803 g/mol. The van der Waals surface area contributed by atoms with Crippen molar-refractivity contribution in [3.63, 3.8) is 0 Å². The van der Waals surface area contributed by atoms with Crippen molar-refractivity contribution in [2.45, 2.75) is 19.3 Å². The first kappa shape index (κ1) is 36.9. The first-order chi connectivity index (χ1) is 31.0. The van der Waals surface area contributed by atoms with E-state index >= 15 is 0 Å². The number of fused-ring (bicyclic) bond motifs is 7. The highest BCUT2D eigenvalue weighted by Crippen LogP contribution is 2.49. The number of rotatable bonds is 6. The molecule has 0 amide bonds. The van der Waals surface area contributed by atoms with Gasteiger partial charge in [0.25, 0.3) is 0 Å². The quantitative estimate of drug-likeness (QED) is 0.124. The van der Waals surface area contributed by atoms with E-state index in [2.05, 4.69) is 232 Å². The second-order valence-corrected chi connectivity index (χ2v) is 17.3. The lowest BCUT2D eigenvalue weighted by atomic mass is 9.81. The fourth-order valence-electron chi connectivity index (χ4n) is 10.1. The summed E-state index contributed by atoms with van der Waals surface area (Å²) in [5.41, 5.74) is 17.3. The maximum atomic E-state index is 5.34. The van der Waals surface area contributed by atoms with E-state index in [1.54, 1.807) is 0 Å². The highest BCUT2D eigenvalue weighted by atomic mass is 14.9. The lowest BCUT2D eigenvalue weighted by Gasteiger charge is -2.22. The molecule has 1 aliphatic carbocycles. The van der Waals surface area contributed by atoms with E-state index in [4.69, 9.17) is 9.97 Å². The summed E-state index contributed by atoms with van der Waals surface area (Å²) in [5.74, 6) is 0.690. The molecule has 10 aromatic carbocycles. The molecule has 0 N–H and O–H groups in total. The summed E-state index contributed by atoms with van der Waals surface area (Å²) in [6, 6.07) is 79.1. The number of nitrogens with zero attached hydrogens (tertiary/aromatic N) is 2. The lowest BCUT2D eigenvalue weighted by molar-refractivity contribution is 0.660. The lowest BCUT2D eigenvalue weighted by Crippen LogP contribution is -2.14. The van der Waals surface area contributed by atoms with Gasteiger partial charge in [-0.05, 0) is 106 Å². The summed E-state index contributed by atoms with van der Waals surface area (Å²) in [5, 5.41) is 7.49. The molecule has 0 aliphatic heterocycles. The third-order valence-electron chi connectivity index (χ3n) is 13.3. The number of hydrogen-bond acceptors (Lipinski definition) is 2. The zero-order valence-electron chi connectivity index (χ0n) is 35.2. The molecule has 63 heavy (non-hydrogen) atoms. The SMILES string of the molecule is CC1(C)c2ccccc2-c2ccc(-c3ccc(-c4cc(-c5ccccc5-c5ccccc5)nc(-c5ccc(-c6c7ccccc7cc7c6ccc6ccccc67)cc5)n4)cc3)cc21. The Labute approximate surface area is 367 Å². The summed E-state index contributed by atoms with van der Waals surface area (Å²) >= 11 is 0. The van der Waals surface area contributed by atoms with Gasteiger partial charge in [0.15, 0.2) is 5.82 Å². The summed E-state index contributed by atoms with van der Waals surface area (Å²) in [7, 11) is 0. The largest absolute Gasteiger partial charge is 0.228 e. The van der Waals surface area contributed by atoms with Crippen LogP contribution in [0.1, 0.15) is 25.0 Å². The minimum Gasteiger partial charge on any atom is -0.228 e. The first-order valence-electron chi connectivity index (χ1n) is 21.8. The monoisotopic (exact) mass is 802 g/mol. The van der Waals surface area contributed by atoms with E-state index in [-0.39, 0.29) is 5.41 Å². The topological polar surface area (TPSA) is 25.8 Å². The van der Waals surface area contributed by atoms with Gasteiger partial charge in [-0.1, -0.05) is 214 Å². The fraction of sp³-hybridized carbons (Fsp3) is 0.0492. The van der Waals surface area contributed by atoms with Gasteiger partial charge < -0.3 is 0 Å². The van der Waals surface area contributed by atoms with Crippen molar-refractivity contribution in [2.75, 3.05) is 0 Å². The van der Waals surface area contributed by atoms with E-state index < -0.39 is 0 Å². The Morgan fingerprint density at radius 3 is 1.70 bits per heavy atom. The van der Waals surface area contributed by atoms with Crippen LogP contribution < -0.4 is 0 Å². The van der Waals surface area contributed by atoms with Crippen LogP contribution in [0.25, 0.3) is 111 Å². The predicted molar refractivity (Wildman–Crippen MR) is 265 cm³/mol. The van der Waals surface area contributed by atoms with Crippen LogP contribution in [0.4, 0.5) is 0 Å². The highest BCUT2D eigenvalue weighted by molar-refractivity contribution is 6.20. The van der Waals surface area contributed by atoms with Crippen molar-refractivity contribution in [2.24, 2.45) is 0 Å². The van der Waals surface area contributed by atoms with E-state index in [0.717, 1.165) is 44.8 Å². The van der Waals surface area contributed by atoms with Gasteiger partial charge in [-0.25, -0.2) is 9.97 Å². The standard InChI is InChI=1S/C61H42N2/c1-61(2)55-23-13-12-21-50(55)51-34-33-45(37-56(51)61)39-24-26-42(27-25-39)57-38-58(52-22-11-10-18-47(52)40-14-4-3-5-15-40)63-60(62-57)44-30-28-43(29-31-44)59-49-20-9-7-17-46(49)36-54-48-19-8-6-16-41(48)32-35-53(54)59/h3-38H,1-2H3. The molecule has 0 unspecified atom stereocenters. The van der Waals surface area contributed by atoms with Crippen LogP contribution >= 0.6 is 0 Å². The van der Waals surface area contributed by atoms with Crippen LogP contribution in [-0.2, 0) is 5.41 Å². The Morgan fingerprint density at radius 2 is 0.889 bits per heavy atom. The van der Waals surface area contributed by atoms with Gasteiger partial charge in [0.05, 0.1) is 11.4 Å². The third kappa shape index (κ3) is 6.17. The Bertz CT molecular complexity index is 3560. The molecule has 0 radical (unpaired) electrons. The predicted octanol–water partition coefficient (Wildman–Crippen LogP) is 16.2.